The SMILES string of the molecule is CC(=O)O.COc1ccc(-c2nn3c(nc2=O)-c2ccccc2NC32CCN(C)CC2)cc1. The van der Waals surface area contributed by atoms with Gasteiger partial charge in [0.05, 0.1) is 7.11 Å². The quantitative estimate of drug-likeness (QED) is 0.615. The number of carbonyl (C=O) groups is 1. The summed E-state index contributed by atoms with van der Waals surface area (Å²) in [5.41, 5.74) is 2.29. The van der Waals surface area contributed by atoms with Crippen molar-refractivity contribution in [1.29, 1.82) is 0 Å². The first kappa shape index (κ1) is 22.5. The fraction of sp³-hybridized carbons (Fsp3) is 0.333. The molecule has 2 aliphatic rings. The molecule has 0 atom stereocenters. The number of rotatable bonds is 2. The van der Waals surface area contributed by atoms with Gasteiger partial charge in [0.25, 0.3) is 11.5 Å². The van der Waals surface area contributed by atoms with Crippen LogP contribution in [-0.2, 0) is 10.5 Å². The molecule has 9 heteroatoms. The number of likely N-dealkylation sites (tertiary alicyclic amines) is 1. The van der Waals surface area contributed by atoms with E-state index in [1.807, 2.05) is 53.2 Å². The van der Waals surface area contributed by atoms with Crippen LogP contribution < -0.4 is 15.6 Å². The van der Waals surface area contributed by atoms with Gasteiger partial charge in [0.15, 0.2) is 11.5 Å². The van der Waals surface area contributed by atoms with Crippen LogP contribution in [0.5, 0.6) is 5.75 Å². The van der Waals surface area contributed by atoms with Gasteiger partial charge in [-0.1, -0.05) is 12.1 Å². The minimum Gasteiger partial charge on any atom is -0.497 e. The number of aromatic nitrogens is 3. The van der Waals surface area contributed by atoms with Gasteiger partial charge in [-0.05, 0) is 43.4 Å². The van der Waals surface area contributed by atoms with Gasteiger partial charge in [-0.3, -0.25) is 9.59 Å². The van der Waals surface area contributed by atoms with Gasteiger partial charge in [-0.2, -0.15) is 10.1 Å². The molecule has 1 fully saturated rings. The predicted molar refractivity (Wildman–Crippen MR) is 125 cm³/mol. The number of ether oxygens (including phenoxy) is 1. The predicted octanol–water partition coefficient (Wildman–Crippen LogP) is 2.88. The van der Waals surface area contributed by atoms with Crippen LogP contribution in [0.4, 0.5) is 5.69 Å². The average Bonchev–Trinajstić information content (AvgIpc) is 2.81. The number of carboxylic acids is 1. The Morgan fingerprint density at radius 3 is 2.39 bits per heavy atom. The minimum absolute atomic E-state index is 0.318. The molecular weight excluding hydrogens is 422 g/mol. The maximum absolute atomic E-state index is 12.9. The van der Waals surface area contributed by atoms with Crippen LogP contribution in [0.25, 0.3) is 22.6 Å². The van der Waals surface area contributed by atoms with Crippen LogP contribution in [0.1, 0.15) is 19.8 Å². The zero-order valence-electron chi connectivity index (χ0n) is 18.9. The van der Waals surface area contributed by atoms with Crippen LogP contribution in [0.3, 0.4) is 0 Å². The summed E-state index contributed by atoms with van der Waals surface area (Å²) >= 11 is 0. The molecule has 1 saturated heterocycles. The van der Waals surface area contributed by atoms with E-state index in [2.05, 4.69) is 22.2 Å². The summed E-state index contributed by atoms with van der Waals surface area (Å²) in [4.78, 5) is 28.7. The first-order chi connectivity index (χ1) is 15.8. The van der Waals surface area contributed by atoms with Gasteiger partial charge >= 0.3 is 0 Å². The topological polar surface area (TPSA) is 110 Å². The summed E-state index contributed by atoms with van der Waals surface area (Å²) in [5.74, 6) is 0.535. The summed E-state index contributed by atoms with van der Waals surface area (Å²) in [7, 11) is 3.75. The van der Waals surface area contributed by atoms with E-state index in [1.165, 1.54) is 0 Å². The van der Waals surface area contributed by atoms with E-state index in [0.29, 0.717) is 11.5 Å². The standard InChI is InChI=1S/C22H23N5O2.C2H4O2/c1-26-13-11-22(12-14-26)24-18-6-4-3-5-17(18)20-23-21(28)19(25-27(20)22)15-7-9-16(29-2)10-8-15;1-2(3)4/h3-10,24H,11-14H2,1-2H3;1H3,(H,3,4). The van der Waals surface area contributed by atoms with Gasteiger partial charge < -0.3 is 20.1 Å². The lowest BCUT2D eigenvalue weighted by Crippen LogP contribution is -2.53. The van der Waals surface area contributed by atoms with Crippen molar-refractivity contribution in [1.82, 2.24) is 19.7 Å². The molecule has 2 N–H and O–H groups in total. The van der Waals surface area contributed by atoms with Crippen LogP contribution in [0, 0.1) is 0 Å². The van der Waals surface area contributed by atoms with E-state index in [0.717, 1.165) is 55.4 Å². The van der Waals surface area contributed by atoms with E-state index in [4.69, 9.17) is 19.7 Å². The number of benzene rings is 2. The third-order valence-corrected chi connectivity index (χ3v) is 5.93. The van der Waals surface area contributed by atoms with Gasteiger partial charge in [0.2, 0.25) is 0 Å². The van der Waals surface area contributed by atoms with Crippen molar-refractivity contribution in [3.8, 4) is 28.4 Å². The highest BCUT2D eigenvalue weighted by Crippen LogP contribution is 2.41. The van der Waals surface area contributed by atoms with E-state index in [9.17, 15) is 4.79 Å². The number of nitrogens with one attached hydrogen (secondary N) is 1. The number of methoxy groups -OCH3 is 1. The third-order valence-electron chi connectivity index (χ3n) is 5.93. The van der Waals surface area contributed by atoms with Crippen molar-refractivity contribution in [2.75, 3.05) is 32.6 Å². The maximum atomic E-state index is 12.9. The molecular formula is C24H27N5O4. The molecule has 0 saturated carbocycles. The number of hydrogen-bond acceptors (Lipinski definition) is 7. The number of piperidine rings is 1. The van der Waals surface area contributed by atoms with Crippen molar-refractivity contribution in [3.63, 3.8) is 0 Å². The molecule has 1 aromatic heterocycles. The molecule has 2 aromatic carbocycles. The number of carboxylic acid groups (broad SMARTS) is 1. The van der Waals surface area contributed by atoms with E-state index in [-0.39, 0.29) is 5.56 Å². The summed E-state index contributed by atoms with van der Waals surface area (Å²) in [6, 6.07) is 15.4. The lowest BCUT2D eigenvalue weighted by atomic mass is 9.93. The Kier molecular flexibility index (Phi) is 6.15. The molecule has 0 aliphatic carbocycles. The number of nitrogens with zero attached hydrogens (tertiary/aromatic N) is 4. The van der Waals surface area contributed by atoms with Crippen molar-refractivity contribution in [3.05, 3.63) is 58.9 Å². The number of hydrogen-bond donors (Lipinski definition) is 2. The molecule has 172 valence electrons. The first-order valence-electron chi connectivity index (χ1n) is 10.7. The zero-order chi connectivity index (χ0) is 23.6. The summed E-state index contributed by atoms with van der Waals surface area (Å²) in [6.07, 6.45) is 1.76. The highest BCUT2D eigenvalue weighted by molar-refractivity contribution is 5.76. The molecule has 33 heavy (non-hydrogen) atoms. The van der Waals surface area contributed by atoms with Gasteiger partial charge in [-0.25, -0.2) is 4.68 Å². The molecule has 0 amide bonds. The fourth-order valence-corrected chi connectivity index (χ4v) is 4.21. The third kappa shape index (κ3) is 4.45. The number of para-hydroxylation sites is 1. The Morgan fingerprint density at radius 2 is 1.76 bits per heavy atom. The molecule has 2 aliphatic heterocycles. The Bertz CT molecular complexity index is 1210. The molecule has 3 aromatic rings. The lowest BCUT2D eigenvalue weighted by molar-refractivity contribution is -0.134. The van der Waals surface area contributed by atoms with E-state index < -0.39 is 11.6 Å². The molecule has 9 nitrogen and oxygen atoms in total. The van der Waals surface area contributed by atoms with Gasteiger partial charge in [0, 0.05) is 49.7 Å². The largest absolute Gasteiger partial charge is 0.497 e. The Labute approximate surface area is 191 Å². The second kappa shape index (κ2) is 9.03. The molecule has 5 rings (SSSR count). The number of fused-ring (bicyclic) bond motifs is 4. The molecule has 0 unspecified atom stereocenters. The molecule has 3 heterocycles. The van der Waals surface area contributed by atoms with E-state index in [1.54, 1.807) is 7.11 Å². The lowest BCUT2D eigenvalue weighted by Gasteiger charge is -2.46. The van der Waals surface area contributed by atoms with Crippen LogP contribution in [-0.4, -0.2) is 58.0 Å². The fourth-order valence-electron chi connectivity index (χ4n) is 4.21. The van der Waals surface area contributed by atoms with Crippen molar-refractivity contribution in [2.45, 2.75) is 25.4 Å². The Hall–Kier alpha value is -3.72. The number of aliphatic carboxylic acids is 1. The second-order valence-electron chi connectivity index (χ2n) is 8.25. The monoisotopic (exact) mass is 449 g/mol. The average molecular weight is 450 g/mol. The zero-order valence-corrected chi connectivity index (χ0v) is 18.9. The van der Waals surface area contributed by atoms with E-state index >= 15 is 0 Å². The highest BCUT2D eigenvalue weighted by Gasteiger charge is 2.42. The highest BCUT2D eigenvalue weighted by atomic mass is 16.5. The maximum Gasteiger partial charge on any atom is 0.300 e. The Balaban J connectivity index is 0.000000601. The normalized spacial score (nSPS) is 16.0. The van der Waals surface area contributed by atoms with Gasteiger partial charge in [0.1, 0.15) is 11.4 Å². The van der Waals surface area contributed by atoms with Gasteiger partial charge in [-0.15, -0.1) is 0 Å². The smallest absolute Gasteiger partial charge is 0.300 e. The van der Waals surface area contributed by atoms with Crippen molar-refractivity contribution >= 4 is 11.7 Å². The minimum atomic E-state index is -0.833. The summed E-state index contributed by atoms with van der Waals surface area (Å²) < 4.78 is 7.18. The van der Waals surface area contributed by atoms with Crippen LogP contribution >= 0.6 is 0 Å². The summed E-state index contributed by atoms with van der Waals surface area (Å²) in [6.45, 7) is 2.97. The molecule has 0 bridgehead atoms. The second-order valence-corrected chi connectivity index (χ2v) is 8.25. The van der Waals surface area contributed by atoms with Crippen molar-refractivity contribution < 1.29 is 14.6 Å². The number of anilines is 1. The van der Waals surface area contributed by atoms with Crippen molar-refractivity contribution in [2.24, 2.45) is 0 Å². The first-order valence-corrected chi connectivity index (χ1v) is 10.7. The van der Waals surface area contributed by atoms with Crippen LogP contribution in [0.15, 0.2) is 53.3 Å². The summed E-state index contributed by atoms with van der Waals surface area (Å²) in [5, 5.41) is 16.0. The Morgan fingerprint density at radius 1 is 1.12 bits per heavy atom. The molecule has 0 radical (unpaired) electrons. The molecule has 1 spiro atoms. The van der Waals surface area contributed by atoms with Crippen LogP contribution in [0.2, 0.25) is 0 Å².